The molecule has 0 radical (unpaired) electrons. The van der Waals surface area contributed by atoms with Crippen molar-refractivity contribution in [2.75, 3.05) is 11.4 Å². The summed E-state index contributed by atoms with van der Waals surface area (Å²) in [6.07, 6.45) is 3.62. The molecule has 0 unspecified atom stereocenters. The van der Waals surface area contributed by atoms with Gasteiger partial charge in [0.15, 0.2) is 5.82 Å². The molecular weight excluding hydrogens is 250 g/mol. The lowest BCUT2D eigenvalue weighted by Crippen LogP contribution is -2.34. The molecule has 1 aliphatic rings. The van der Waals surface area contributed by atoms with E-state index in [0.29, 0.717) is 5.88 Å². The molecule has 0 atom stereocenters. The van der Waals surface area contributed by atoms with Crippen molar-refractivity contribution in [3.63, 3.8) is 0 Å². The summed E-state index contributed by atoms with van der Waals surface area (Å²) in [4.78, 5) is 6.75. The highest BCUT2D eigenvalue weighted by Crippen LogP contribution is 2.22. The van der Waals surface area contributed by atoms with Crippen molar-refractivity contribution in [2.24, 2.45) is 0 Å². The molecule has 0 saturated carbocycles. The third-order valence-corrected chi connectivity index (χ3v) is 3.51. The number of aryl methyl sites for hydroxylation is 1. The van der Waals surface area contributed by atoms with Gasteiger partial charge in [-0.1, -0.05) is 0 Å². The van der Waals surface area contributed by atoms with Gasteiger partial charge in [0.05, 0.1) is 6.54 Å². The molecular formula is C12H14ClN5. The second-order valence-electron chi connectivity index (χ2n) is 4.48. The quantitative estimate of drug-likeness (QED) is 0.775. The minimum atomic E-state index is 0.502. The summed E-state index contributed by atoms with van der Waals surface area (Å²) in [7, 11) is 0. The van der Waals surface area contributed by atoms with Crippen molar-refractivity contribution in [3.05, 3.63) is 35.5 Å². The number of anilines is 1. The molecule has 0 aliphatic carbocycles. The first-order valence-electron chi connectivity index (χ1n) is 5.91. The van der Waals surface area contributed by atoms with Crippen LogP contribution < -0.4 is 4.90 Å². The Morgan fingerprint density at radius 2 is 2.28 bits per heavy atom. The summed E-state index contributed by atoms with van der Waals surface area (Å²) in [5.41, 5.74) is 2.21. The molecule has 2 aromatic rings. The Hall–Kier alpha value is -1.62. The number of alkyl halides is 1. The zero-order valence-electron chi connectivity index (χ0n) is 10.2. The Labute approximate surface area is 110 Å². The van der Waals surface area contributed by atoms with Crippen LogP contribution in [-0.2, 0) is 19.0 Å². The van der Waals surface area contributed by atoms with E-state index in [1.54, 1.807) is 6.33 Å². The molecule has 6 heteroatoms. The minimum Gasteiger partial charge on any atom is -0.347 e. The van der Waals surface area contributed by atoms with Gasteiger partial charge in [-0.25, -0.2) is 4.98 Å². The van der Waals surface area contributed by atoms with Gasteiger partial charge >= 0.3 is 0 Å². The van der Waals surface area contributed by atoms with Gasteiger partial charge in [-0.05, 0) is 24.1 Å². The van der Waals surface area contributed by atoms with Gasteiger partial charge in [0, 0.05) is 25.2 Å². The van der Waals surface area contributed by atoms with Gasteiger partial charge in [0.1, 0.15) is 12.1 Å². The van der Waals surface area contributed by atoms with Crippen LogP contribution in [0.15, 0.2) is 18.6 Å². The summed E-state index contributed by atoms with van der Waals surface area (Å²) in [6, 6.07) is 2.09. The highest BCUT2D eigenvalue weighted by atomic mass is 35.5. The van der Waals surface area contributed by atoms with Gasteiger partial charge in [-0.3, -0.25) is 0 Å². The van der Waals surface area contributed by atoms with E-state index in [0.717, 1.165) is 42.4 Å². The van der Waals surface area contributed by atoms with Crippen LogP contribution in [0.1, 0.15) is 17.0 Å². The monoisotopic (exact) mass is 263 g/mol. The van der Waals surface area contributed by atoms with Crippen molar-refractivity contribution < 1.29 is 0 Å². The molecule has 2 aromatic heterocycles. The number of pyridine rings is 1. The number of hydrogen-bond acceptors (Lipinski definition) is 4. The Kier molecular flexibility index (Phi) is 2.91. The normalized spacial score (nSPS) is 14.7. The number of aromatic nitrogens is 4. The number of hydrogen-bond donors (Lipinski definition) is 0. The zero-order chi connectivity index (χ0) is 12.5. The van der Waals surface area contributed by atoms with Crippen molar-refractivity contribution in [3.8, 4) is 0 Å². The van der Waals surface area contributed by atoms with Gasteiger partial charge in [-0.2, -0.15) is 0 Å². The zero-order valence-corrected chi connectivity index (χ0v) is 10.9. The summed E-state index contributed by atoms with van der Waals surface area (Å²) in [5.74, 6) is 2.50. The smallest absolute Gasteiger partial charge is 0.152 e. The Morgan fingerprint density at radius 3 is 3.06 bits per heavy atom. The molecule has 1 aliphatic heterocycles. The van der Waals surface area contributed by atoms with Crippen molar-refractivity contribution in [1.82, 2.24) is 19.7 Å². The predicted octanol–water partition coefficient (Wildman–Crippen LogP) is 1.74. The van der Waals surface area contributed by atoms with Gasteiger partial charge < -0.3 is 9.47 Å². The van der Waals surface area contributed by atoms with Crippen molar-refractivity contribution in [2.45, 2.75) is 25.9 Å². The standard InChI is InChI=1S/C12H14ClN5/c1-9-4-10(5-13)6-14-12(9)17-2-3-18-8-15-16-11(18)7-17/h4,6,8H,2-3,5,7H2,1H3. The largest absolute Gasteiger partial charge is 0.347 e. The summed E-state index contributed by atoms with van der Waals surface area (Å²) < 4.78 is 2.08. The highest BCUT2D eigenvalue weighted by Gasteiger charge is 2.19. The molecule has 94 valence electrons. The number of halogens is 1. The lowest BCUT2D eigenvalue weighted by atomic mass is 10.2. The SMILES string of the molecule is Cc1cc(CCl)cnc1N1CCn2cnnc2C1. The third-order valence-electron chi connectivity index (χ3n) is 3.20. The van der Waals surface area contributed by atoms with E-state index in [1.807, 2.05) is 6.20 Å². The van der Waals surface area contributed by atoms with Crippen LogP contribution in [0, 0.1) is 6.92 Å². The Morgan fingerprint density at radius 1 is 1.39 bits per heavy atom. The van der Waals surface area contributed by atoms with Crippen LogP contribution in [0.4, 0.5) is 5.82 Å². The van der Waals surface area contributed by atoms with Crippen LogP contribution in [-0.4, -0.2) is 26.3 Å². The molecule has 3 heterocycles. The minimum absolute atomic E-state index is 0.502. The molecule has 3 rings (SSSR count). The highest BCUT2D eigenvalue weighted by molar-refractivity contribution is 6.17. The second kappa shape index (κ2) is 4.57. The molecule has 0 N–H and O–H groups in total. The first kappa shape index (κ1) is 11.5. The molecule has 0 bridgehead atoms. The number of fused-ring (bicyclic) bond motifs is 1. The average molecular weight is 264 g/mol. The summed E-state index contributed by atoms with van der Waals surface area (Å²) in [6.45, 7) is 4.66. The maximum atomic E-state index is 5.81. The van der Waals surface area contributed by atoms with E-state index >= 15 is 0 Å². The van der Waals surface area contributed by atoms with Crippen LogP contribution in [0.3, 0.4) is 0 Å². The van der Waals surface area contributed by atoms with Gasteiger partial charge in [0.2, 0.25) is 0 Å². The molecule has 0 fully saturated rings. The van der Waals surface area contributed by atoms with E-state index in [4.69, 9.17) is 11.6 Å². The van der Waals surface area contributed by atoms with E-state index in [1.165, 1.54) is 0 Å². The van der Waals surface area contributed by atoms with Crippen molar-refractivity contribution >= 4 is 17.4 Å². The number of nitrogens with zero attached hydrogens (tertiary/aromatic N) is 5. The van der Waals surface area contributed by atoms with E-state index in [9.17, 15) is 0 Å². The maximum absolute atomic E-state index is 5.81. The van der Waals surface area contributed by atoms with E-state index in [-0.39, 0.29) is 0 Å². The lowest BCUT2D eigenvalue weighted by Gasteiger charge is -2.29. The first-order chi connectivity index (χ1) is 8.78. The van der Waals surface area contributed by atoms with E-state index < -0.39 is 0 Å². The molecule has 0 aromatic carbocycles. The first-order valence-corrected chi connectivity index (χ1v) is 6.44. The molecule has 0 spiro atoms. The van der Waals surface area contributed by atoms with Crippen molar-refractivity contribution in [1.29, 1.82) is 0 Å². The maximum Gasteiger partial charge on any atom is 0.152 e. The summed E-state index contributed by atoms with van der Waals surface area (Å²) in [5, 5.41) is 8.05. The second-order valence-corrected chi connectivity index (χ2v) is 4.75. The fourth-order valence-corrected chi connectivity index (χ4v) is 2.42. The fourth-order valence-electron chi connectivity index (χ4n) is 2.28. The molecule has 0 amide bonds. The van der Waals surface area contributed by atoms with Gasteiger partial charge in [-0.15, -0.1) is 21.8 Å². The van der Waals surface area contributed by atoms with E-state index in [2.05, 4.69) is 37.6 Å². The number of rotatable bonds is 2. The third kappa shape index (κ3) is 1.95. The Balaban J connectivity index is 1.88. The van der Waals surface area contributed by atoms with Gasteiger partial charge in [0.25, 0.3) is 0 Å². The van der Waals surface area contributed by atoms with Crippen LogP contribution in [0.25, 0.3) is 0 Å². The average Bonchev–Trinajstić information content (AvgIpc) is 2.85. The van der Waals surface area contributed by atoms with Crippen LogP contribution in [0.5, 0.6) is 0 Å². The van der Waals surface area contributed by atoms with Crippen LogP contribution in [0.2, 0.25) is 0 Å². The lowest BCUT2D eigenvalue weighted by molar-refractivity contribution is 0.555. The predicted molar refractivity (Wildman–Crippen MR) is 69.6 cm³/mol. The molecule has 5 nitrogen and oxygen atoms in total. The molecule has 0 saturated heterocycles. The molecule has 18 heavy (non-hydrogen) atoms. The van der Waals surface area contributed by atoms with Crippen LogP contribution >= 0.6 is 11.6 Å². The summed E-state index contributed by atoms with van der Waals surface area (Å²) >= 11 is 5.81. The fraction of sp³-hybridized carbons (Fsp3) is 0.417. The Bertz CT molecular complexity index is 565. The topological polar surface area (TPSA) is 46.8 Å².